The maximum absolute atomic E-state index is 13.0. The lowest BCUT2D eigenvalue weighted by atomic mass is 10.1. The van der Waals surface area contributed by atoms with Gasteiger partial charge in [-0.3, -0.25) is 9.82 Å². The number of fused-ring (bicyclic) bond motifs is 1. The molecule has 2 aliphatic rings. The highest BCUT2D eigenvalue weighted by atomic mass is 32.2. The van der Waals surface area contributed by atoms with E-state index in [9.17, 15) is 8.42 Å². The third kappa shape index (κ3) is 6.39. The molecule has 4 aromatic rings. The molecule has 2 aromatic carbocycles. The van der Waals surface area contributed by atoms with Gasteiger partial charge in [0.15, 0.2) is 0 Å². The second-order valence-electron chi connectivity index (χ2n) is 9.47. The Morgan fingerprint density at radius 2 is 1.45 bits per heavy atom. The summed E-state index contributed by atoms with van der Waals surface area (Å²) in [6.07, 6.45) is 5.15. The molecule has 0 unspecified atom stereocenters. The zero-order valence-corrected chi connectivity index (χ0v) is 23.1. The zero-order chi connectivity index (χ0) is 26.0. The van der Waals surface area contributed by atoms with Gasteiger partial charge in [-0.15, -0.1) is 0 Å². The first kappa shape index (κ1) is 28.9. The number of rotatable bonds is 7. The van der Waals surface area contributed by atoms with Crippen LogP contribution in [0, 0.1) is 0 Å². The van der Waals surface area contributed by atoms with E-state index in [1.54, 1.807) is 42.6 Å². The van der Waals surface area contributed by atoms with Crippen molar-refractivity contribution >= 4 is 50.1 Å². The Labute approximate surface area is 236 Å². The summed E-state index contributed by atoms with van der Waals surface area (Å²) in [5.74, 6) is 1.77. The van der Waals surface area contributed by atoms with Gasteiger partial charge in [-0.1, -0.05) is 0 Å². The van der Waals surface area contributed by atoms with Crippen LogP contribution < -0.4 is 37.5 Å². The molecule has 10 N–H and O–H groups in total. The topological polar surface area (TPSA) is 214 Å². The van der Waals surface area contributed by atoms with Crippen LogP contribution in [0.1, 0.15) is 22.1 Å². The molecular weight excluding hydrogens is 532 g/mol. The van der Waals surface area contributed by atoms with Crippen molar-refractivity contribution < 1.29 is 11.3 Å². The number of nitrogens with zero attached hydrogens (tertiary/aromatic N) is 6. The monoisotopic (exact) mass is 572 g/mol. The molecule has 0 atom stereocenters. The Morgan fingerprint density at radius 3 is 2.15 bits per heavy atom. The van der Waals surface area contributed by atoms with Crippen LogP contribution in [0.3, 0.4) is 0 Å². The number of piperazine rings is 1. The first-order valence-corrected chi connectivity index (χ1v) is 14.3. The van der Waals surface area contributed by atoms with Gasteiger partial charge in [0, 0.05) is 53.2 Å². The molecule has 6 rings (SSSR count). The van der Waals surface area contributed by atoms with E-state index in [1.807, 2.05) is 6.07 Å². The molecule has 0 spiro atoms. The molecular formula is C25H40N12O2S. The summed E-state index contributed by atoms with van der Waals surface area (Å²) >= 11 is 0. The molecule has 0 aliphatic carbocycles. The van der Waals surface area contributed by atoms with E-state index in [1.165, 1.54) is 6.42 Å². The van der Waals surface area contributed by atoms with Crippen LogP contribution in [-0.2, 0) is 10.0 Å². The molecule has 2 aromatic heterocycles. The van der Waals surface area contributed by atoms with Crippen LogP contribution in [0.5, 0.6) is 0 Å². The van der Waals surface area contributed by atoms with Crippen LogP contribution in [0.4, 0.5) is 29.2 Å². The van der Waals surface area contributed by atoms with E-state index in [2.05, 4.69) is 35.4 Å². The second kappa shape index (κ2) is 12.4. The van der Waals surface area contributed by atoms with E-state index in [4.69, 9.17) is 15.0 Å². The lowest BCUT2D eigenvalue weighted by Gasteiger charge is -2.30. The molecule has 2 fully saturated rings. The number of H-pyrrole nitrogens is 1. The van der Waals surface area contributed by atoms with Crippen molar-refractivity contribution in [1.82, 2.24) is 42.8 Å². The largest absolute Gasteiger partial charge is 0.344 e. The van der Waals surface area contributed by atoms with Gasteiger partial charge in [-0.25, -0.2) is 8.42 Å². The summed E-state index contributed by atoms with van der Waals surface area (Å²) in [7, 11) is -3.77. The fourth-order valence-electron chi connectivity index (χ4n) is 4.71. The van der Waals surface area contributed by atoms with Crippen LogP contribution in [-0.4, -0.2) is 72.8 Å². The first-order valence-electron chi connectivity index (χ1n) is 12.8. The van der Waals surface area contributed by atoms with E-state index < -0.39 is 10.0 Å². The smallest absolute Gasteiger partial charge is 0.261 e. The van der Waals surface area contributed by atoms with E-state index in [-0.39, 0.29) is 20.0 Å². The van der Waals surface area contributed by atoms with Gasteiger partial charge in [-0.2, -0.15) is 20.1 Å². The highest BCUT2D eigenvalue weighted by Crippen LogP contribution is 2.25. The predicted octanol–water partition coefficient (Wildman–Crippen LogP) is 3.51. The van der Waals surface area contributed by atoms with E-state index in [0.29, 0.717) is 29.2 Å². The highest BCUT2D eigenvalue weighted by molar-refractivity contribution is 7.92. The standard InChI is InChI=1S/C25H30N10O2S.2H3N.2H2/c36-38(37,33-20-5-4-18-17-27-32-22(18)16-20)21-8-6-19(7-9-21)28-23-29-24(34-12-2-1-3-13-34)31-25(30-23)35-14-10-26-11-15-35;;;;/h4-9,16-17,26,33H,1-3,10-15H2,(H,27,32)(H,28,29,30,31);2*1H3;2*1H. The van der Waals surface area contributed by atoms with Crippen LogP contribution in [0.2, 0.25) is 0 Å². The Balaban J connectivity index is 0.00000154. The minimum Gasteiger partial charge on any atom is -0.344 e. The quantitative estimate of drug-likeness (QED) is 0.188. The maximum atomic E-state index is 13.0. The SMILES string of the molecule is N.N.O=S(=O)(Nc1ccc2cn[nH]c2c1)c1ccc(Nc2nc(N3CCCCC3)nc(N3CCNCC3)n2)cc1.[HH].[HH]. The Kier molecular flexibility index (Phi) is 8.99. The van der Waals surface area contributed by atoms with Crippen LogP contribution in [0.25, 0.3) is 10.9 Å². The number of hydrogen-bond donors (Lipinski definition) is 6. The Hall–Kier alpha value is -4.05. The minimum absolute atomic E-state index is 0. The summed E-state index contributed by atoms with van der Waals surface area (Å²) in [4.78, 5) is 18.7. The lowest BCUT2D eigenvalue weighted by molar-refractivity contribution is 0.561. The molecule has 2 aliphatic heterocycles. The van der Waals surface area contributed by atoms with Crippen molar-refractivity contribution in [1.29, 1.82) is 0 Å². The highest BCUT2D eigenvalue weighted by Gasteiger charge is 2.21. The number of aromatic nitrogens is 5. The number of piperidine rings is 1. The average molecular weight is 573 g/mol. The second-order valence-corrected chi connectivity index (χ2v) is 11.2. The van der Waals surface area contributed by atoms with Crippen molar-refractivity contribution in [2.45, 2.75) is 24.2 Å². The van der Waals surface area contributed by atoms with Crippen LogP contribution in [0.15, 0.2) is 53.6 Å². The molecule has 40 heavy (non-hydrogen) atoms. The number of benzene rings is 2. The summed E-state index contributed by atoms with van der Waals surface area (Å²) in [5.41, 5.74) is 1.90. The average Bonchev–Trinajstić information content (AvgIpc) is 3.42. The normalized spacial score (nSPS) is 15.7. The molecule has 0 bridgehead atoms. The fourth-order valence-corrected chi connectivity index (χ4v) is 5.76. The number of anilines is 5. The third-order valence-corrected chi connectivity index (χ3v) is 8.16. The van der Waals surface area contributed by atoms with Gasteiger partial charge < -0.3 is 32.7 Å². The van der Waals surface area contributed by atoms with Crippen molar-refractivity contribution in [3.05, 3.63) is 48.7 Å². The van der Waals surface area contributed by atoms with Gasteiger partial charge in [0.25, 0.3) is 10.0 Å². The van der Waals surface area contributed by atoms with Crippen molar-refractivity contribution in [2.24, 2.45) is 0 Å². The molecule has 0 saturated carbocycles. The Morgan fingerprint density at radius 1 is 0.800 bits per heavy atom. The summed E-state index contributed by atoms with van der Waals surface area (Å²) in [6.45, 7) is 5.28. The van der Waals surface area contributed by atoms with Crippen LogP contribution >= 0.6 is 0 Å². The van der Waals surface area contributed by atoms with Crippen molar-refractivity contribution in [3.8, 4) is 0 Å². The maximum Gasteiger partial charge on any atom is 0.261 e. The van der Waals surface area contributed by atoms with E-state index in [0.717, 1.165) is 63.0 Å². The summed E-state index contributed by atoms with van der Waals surface area (Å²) < 4.78 is 28.6. The zero-order valence-electron chi connectivity index (χ0n) is 22.3. The molecule has 0 amide bonds. The summed E-state index contributed by atoms with van der Waals surface area (Å²) in [6, 6.07) is 11.8. The molecule has 4 heterocycles. The molecule has 0 radical (unpaired) electrons. The molecule has 218 valence electrons. The lowest BCUT2D eigenvalue weighted by Crippen LogP contribution is -2.44. The predicted molar refractivity (Wildman–Crippen MR) is 162 cm³/mol. The molecule has 2 saturated heterocycles. The first-order chi connectivity index (χ1) is 18.5. The third-order valence-electron chi connectivity index (χ3n) is 6.77. The van der Waals surface area contributed by atoms with Gasteiger partial charge in [0.05, 0.1) is 22.3 Å². The van der Waals surface area contributed by atoms with Gasteiger partial charge in [0.2, 0.25) is 17.8 Å². The number of aromatic amines is 1. The van der Waals surface area contributed by atoms with Crippen molar-refractivity contribution in [2.75, 3.05) is 59.1 Å². The minimum atomic E-state index is -3.77. The molecule has 15 heteroatoms. The number of hydrogen-bond acceptors (Lipinski definition) is 12. The number of sulfonamides is 1. The Bertz CT molecular complexity index is 1490. The molecule has 14 nitrogen and oxygen atoms in total. The fraction of sp³-hybridized carbons (Fsp3) is 0.360. The summed E-state index contributed by atoms with van der Waals surface area (Å²) in [5, 5.41) is 14.3. The van der Waals surface area contributed by atoms with E-state index >= 15 is 0 Å². The number of nitrogens with one attached hydrogen (secondary N) is 4. The van der Waals surface area contributed by atoms with Crippen molar-refractivity contribution in [3.63, 3.8) is 0 Å². The van der Waals surface area contributed by atoms with Gasteiger partial charge >= 0.3 is 0 Å². The van der Waals surface area contributed by atoms with Gasteiger partial charge in [-0.05, 0) is 61.7 Å². The van der Waals surface area contributed by atoms with Gasteiger partial charge in [0.1, 0.15) is 0 Å².